The van der Waals surface area contributed by atoms with Gasteiger partial charge in [0.1, 0.15) is 5.41 Å². The van der Waals surface area contributed by atoms with Crippen LogP contribution in [0, 0.1) is 40.4 Å². The fraction of sp³-hybridized carbons (Fsp3) is 0.875. The standard InChI is InChI=1S/C16H24N2O/c1-16(2,9-17)15(19)18(3)14-12-5-10-4-11(7-12)8-13(14)6-10/h10-14H,4-8H2,1-3H3. The van der Waals surface area contributed by atoms with E-state index >= 15 is 0 Å². The molecule has 4 saturated carbocycles. The van der Waals surface area contributed by atoms with Crippen molar-refractivity contribution in [3.63, 3.8) is 0 Å². The van der Waals surface area contributed by atoms with Gasteiger partial charge in [-0.05, 0) is 69.6 Å². The Morgan fingerprint density at radius 3 is 2.00 bits per heavy atom. The summed E-state index contributed by atoms with van der Waals surface area (Å²) in [5.74, 6) is 3.24. The van der Waals surface area contributed by atoms with Crippen LogP contribution in [-0.2, 0) is 4.79 Å². The highest BCUT2D eigenvalue weighted by Crippen LogP contribution is 2.55. The summed E-state index contributed by atoms with van der Waals surface area (Å²) in [5.41, 5.74) is -0.886. The Kier molecular flexibility index (Phi) is 2.89. The molecule has 19 heavy (non-hydrogen) atoms. The third kappa shape index (κ3) is 1.96. The van der Waals surface area contributed by atoms with Crippen LogP contribution < -0.4 is 0 Å². The van der Waals surface area contributed by atoms with Crippen LogP contribution in [0.1, 0.15) is 46.0 Å². The Balaban J connectivity index is 1.79. The highest BCUT2D eigenvalue weighted by Gasteiger charge is 2.51. The van der Waals surface area contributed by atoms with Crippen molar-refractivity contribution in [2.24, 2.45) is 29.1 Å². The molecule has 4 bridgehead atoms. The summed E-state index contributed by atoms with van der Waals surface area (Å²) < 4.78 is 0. The fourth-order valence-corrected chi connectivity index (χ4v) is 5.15. The van der Waals surface area contributed by atoms with E-state index in [1.165, 1.54) is 32.1 Å². The second-order valence-electron chi connectivity index (χ2n) is 7.57. The third-order valence-electron chi connectivity index (χ3n) is 5.76. The van der Waals surface area contributed by atoms with E-state index in [9.17, 15) is 4.79 Å². The summed E-state index contributed by atoms with van der Waals surface area (Å²) in [7, 11) is 1.92. The van der Waals surface area contributed by atoms with E-state index in [0.29, 0.717) is 17.9 Å². The number of carbonyl (C=O) groups excluding carboxylic acids is 1. The number of nitriles is 1. The number of hydrogen-bond acceptors (Lipinski definition) is 2. The lowest BCUT2D eigenvalue weighted by Gasteiger charge is -2.57. The van der Waals surface area contributed by atoms with Crippen molar-refractivity contribution >= 4 is 5.91 Å². The minimum absolute atomic E-state index is 0.00692. The van der Waals surface area contributed by atoms with Gasteiger partial charge in [-0.2, -0.15) is 5.26 Å². The predicted octanol–water partition coefficient (Wildman–Crippen LogP) is 2.82. The first-order valence-electron chi connectivity index (χ1n) is 7.61. The molecule has 0 unspecified atom stereocenters. The highest BCUT2D eigenvalue weighted by molar-refractivity contribution is 5.84. The molecular formula is C16H24N2O. The van der Waals surface area contributed by atoms with Crippen LogP contribution in [-0.4, -0.2) is 23.9 Å². The molecular weight excluding hydrogens is 236 g/mol. The van der Waals surface area contributed by atoms with E-state index in [1.807, 2.05) is 11.9 Å². The normalized spacial score (nSPS) is 40.0. The van der Waals surface area contributed by atoms with Gasteiger partial charge in [-0.15, -0.1) is 0 Å². The summed E-state index contributed by atoms with van der Waals surface area (Å²) in [5, 5.41) is 9.17. The average molecular weight is 260 g/mol. The minimum Gasteiger partial charge on any atom is -0.341 e. The van der Waals surface area contributed by atoms with Crippen molar-refractivity contribution in [2.75, 3.05) is 7.05 Å². The molecule has 3 nitrogen and oxygen atoms in total. The zero-order valence-corrected chi connectivity index (χ0v) is 12.2. The van der Waals surface area contributed by atoms with Crippen LogP contribution in [0.5, 0.6) is 0 Å². The van der Waals surface area contributed by atoms with Gasteiger partial charge in [0, 0.05) is 13.1 Å². The number of nitrogens with zero attached hydrogens (tertiary/aromatic N) is 2. The molecule has 0 aromatic rings. The minimum atomic E-state index is -0.886. The Morgan fingerprint density at radius 1 is 1.11 bits per heavy atom. The van der Waals surface area contributed by atoms with E-state index in [-0.39, 0.29) is 5.91 Å². The Hall–Kier alpha value is -1.04. The highest BCUT2D eigenvalue weighted by atomic mass is 16.2. The van der Waals surface area contributed by atoms with E-state index in [2.05, 4.69) is 6.07 Å². The molecule has 0 saturated heterocycles. The van der Waals surface area contributed by atoms with Gasteiger partial charge in [-0.25, -0.2) is 0 Å². The quantitative estimate of drug-likeness (QED) is 0.766. The van der Waals surface area contributed by atoms with Crippen LogP contribution in [0.15, 0.2) is 0 Å². The molecule has 104 valence electrons. The molecule has 0 radical (unpaired) electrons. The average Bonchev–Trinajstić information content (AvgIpc) is 2.36. The molecule has 0 atom stereocenters. The second-order valence-corrected chi connectivity index (χ2v) is 7.57. The van der Waals surface area contributed by atoms with Crippen molar-refractivity contribution in [1.29, 1.82) is 5.26 Å². The molecule has 3 heteroatoms. The number of carbonyl (C=O) groups is 1. The zero-order chi connectivity index (χ0) is 13.8. The van der Waals surface area contributed by atoms with Gasteiger partial charge < -0.3 is 4.90 Å². The topological polar surface area (TPSA) is 44.1 Å². The molecule has 4 fully saturated rings. The van der Waals surface area contributed by atoms with Crippen molar-refractivity contribution in [2.45, 2.75) is 52.0 Å². The second kappa shape index (κ2) is 4.23. The lowest BCUT2D eigenvalue weighted by molar-refractivity contribution is -0.147. The van der Waals surface area contributed by atoms with Gasteiger partial charge in [0.25, 0.3) is 0 Å². The summed E-state index contributed by atoms with van der Waals surface area (Å²) in [4.78, 5) is 14.4. The number of amides is 1. The largest absolute Gasteiger partial charge is 0.341 e. The number of hydrogen-bond donors (Lipinski definition) is 0. The molecule has 0 aromatic heterocycles. The van der Waals surface area contributed by atoms with Gasteiger partial charge in [-0.1, -0.05) is 0 Å². The Labute approximate surface area is 116 Å². The van der Waals surface area contributed by atoms with Gasteiger partial charge in [0.05, 0.1) is 6.07 Å². The Bertz CT molecular complexity index is 407. The zero-order valence-electron chi connectivity index (χ0n) is 12.2. The molecule has 0 aliphatic heterocycles. The van der Waals surface area contributed by atoms with E-state index < -0.39 is 5.41 Å². The third-order valence-corrected chi connectivity index (χ3v) is 5.76. The maximum absolute atomic E-state index is 12.5. The molecule has 0 N–H and O–H groups in total. The Morgan fingerprint density at radius 2 is 1.58 bits per heavy atom. The van der Waals surface area contributed by atoms with Gasteiger partial charge in [0.2, 0.25) is 5.91 Å². The monoisotopic (exact) mass is 260 g/mol. The maximum atomic E-state index is 12.5. The van der Waals surface area contributed by atoms with Crippen LogP contribution in [0.3, 0.4) is 0 Å². The summed E-state index contributed by atoms with van der Waals surface area (Å²) in [6.07, 6.45) is 6.66. The van der Waals surface area contributed by atoms with Crippen LogP contribution in [0.2, 0.25) is 0 Å². The van der Waals surface area contributed by atoms with Crippen LogP contribution in [0.25, 0.3) is 0 Å². The molecule has 1 amide bonds. The SMILES string of the molecule is CN(C(=O)C(C)(C)C#N)C1C2CC3CC(C2)CC1C3. The lowest BCUT2D eigenvalue weighted by Crippen LogP contribution is -2.58. The van der Waals surface area contributed by atoms with E-state index in [4.69, 9.17) is 5.26 Å². The molecule has 4 aliphatic rings. The molecule has 0 heterocycles. The lowest BCUT2D eigenvalue weighted by atomic mass is 9.54. The molecule has 4 aliphatic carbocycles. The summed E-state index contributed by atoms with van der Waals surface area (Å²) >= 11 is 0. The predicted molar refractivity (Wildman–Crippen MR) is 73.0 cm³/mol. The van der Waals surface area contributed by atoms with Gasteiger partial charge >= 0.3 is 0 Å². The summed E-state index contributed by atoms with van der Waals surface area (Å²) in [6.45, 7) is 3.48. The number of rotatable bonds is 2. The van der Waals surface area contributed by atoms with Gasteiger partial charge in [0.15, 0.2) is 0 Å². The summed E-state index contributed by atoms with van der Waals surface area (Å²) in [6, 6.07) is 2.55. The van der Waals surface area contributed by atoms with E-state index in [1.54, 1.807) is 13.8 Å². The van der Waals surface area contributed by atoms with Crippen molar-refractivity contribution in [3.8, 4) is 6.07 Å². The van der Waals surface area contributed by atoms with E-state index in [0.717, 1.165) is 11.8 Å². The molecule has 0 spiro atoms. The first kappa shape index (κ1) is 13.0. The van der Waals surface area contributed by atoms with Crippen molar-refractivity contribution < 1.29 is 4.79 Å². The van der Waals surface area contributed by atoms with Gasteiger partial charge in [-0.3, -0.25) is 4.79 Å². The fourth-order valence-electron chi connectivity index (χ4n) is 5.15. The van der Waals surface area contributed by atoms with Crippen LogP contribution >= 0.6 is 0 Å². The maximum Gasteiger partial charge on any atom is 0.242 e. The molecule has 0 aromatic carbocycles. The first-order valence-corrected chi connectivity index (χ1v) is 7.61. The van der Waals surface area contributed by atoms with Crippen molar-refractivity contribution in [1.82, 2.24) is 4.90 Å². The first-order chi connectivity index (χ1) is 8.92. The van der Waals surface area contributed by atoms with Crippen LogP contribution in [0.4, 0.5) is 0 Å². The van der Waals surface area contributed by atoms with Crippen molar-refractivity contribution in [3.05, 3.63) is 0 Å². The molecule has 4 rings (SSSR count). The smallest absolute Gasteiger partial charge is 0.242 e.